The van der Waals surface area contributed by atoms with Gasteiger partial charge in [-0.3, -0.25) is 19.2 Å². The third-order valence-corrected chi connectivity index (χ3v) is 17.4. The summed E-state index contributed by atoms with van der Waals surface area (Å²) >= 11 is 0. The minimum atomic E-state index is -1.50. The molecule has 0 aromatic carbocycles. The molecule has 0 aromatic heterocycles. The Hall–Kier alpha value is -3.24. The number of aliphatic hydroxyl groups is 2. The van der Waals surface area contributed by atoms with Crippen molar-refractivity contribution in [2.75, 3.05) is 0 Å². The molecule has 8 aliphatic carbocycles. The number of hydrogen-bond acceptors (Lipinski definition) is 10. The highest BCUT2D eigenvalue weighted by molar-refractivity contribution is 5.93. The van der Waals surface area contributed by atoms with Crippen molar-refractivity contribution in [2.24, 2.45) is 57.2 Å². The number of esters is 2. The highest BCUT2D eigenvalue weighted by atomic mass is 16.6. The molecule has 2 N–H and O–H groups in total. The molecule has 0 spiro atoms. The molecule has 8 rings (SSSR count). The Morgan fingerprint density at radius 2 is 1.06 bits per heavy atom. The first-order chi connectivity index (χ1) is 25.5. The van der Waals surface area contributed by atoms with Gasteiger partial charge in [0.25, 0.3) is 0 Å². The Labute approximate surface area is 317 Å². The molecule has 10 nitrogen and oxygen atoms in total. The molecule has 0 saturated heterocycles. The summed E-state index contributed by atoms with van der Waals surface area (Å²) in [6.07, 6.45) is 13.2. The molecule has 10 heteroatoms. The summed E-state index contributed by atoms with van der Waals surface area (Å²) in [5, 5.41) is 23.5. The minimum absolute atomic E-state index is 0.00785. The summed E-state index contributed by atoms with van der Waals surface area (Å²) in [5.41, 5.74) is -3.01. The minimum Gasteiger partial charge on any atom is -0.448 e. The number of rotatable bonds is 6. The molecule has 0 amide bonds. The topological polar surface area (TPSA) is 161 Å². The van der Waals surface area contributed by atoms with E-state index in [0.29, 0.717) is 89.6 Å². The highest BCUT2D eigenvalue weighted by Gasteiger charge is 2.70. The van der Waals surface area contributed by atoms with Gasteiger partial charge in [0.2, 0.25) is 0 Å². The smallest absolute Gasteiger partial charge is 0.332 e. The van der Waals surface area contributed by atoms with E-state index in [0.717, 1.165) is 23.3 Å². The van der Waals surface area contributed by atoms with Crippen LogP contribution in [0.25, 0.3) is 0 Å². The van der Waals surface area contributed by atoms with Crippen molar-refractivity contribution in [1.29, 1.82) is 0 Å². The molecule has 54 heavy (non-hydrogen) atoms. The average Bonchev–Trinajstić information content (AvgIpc) is 3.57. The highest BCUT2D eigenvalue weighted by Crippen LogP contribution is 2.69. The lowest BCUT2D eigenvalue weighted by molar-refractivity contribution is -0.191. The van der Waals surface area contributed by atoms with E-state index in [1.54, 1.807) is 0 Å². The maximum atomic E-state index is 13.5. The summed E-state index contributed by atoms with van der Waals surface area (Å²) < 4.78 is 12.0. The van der Waals surface area contributed by atoms with Crippen LogP contribution in [0.3, 0.4) is 0 Å². The average molecular weight is 745 g/mol. The first kappa shape index (κ1) is 37.7. The molecular weight excluding hydrogens is 688 g/mol. The summed E-state index contributed by atoms with van der Waals surface area (Å²) in [6, 6.07) is 0. The number of carbonyl (C=O) groups excluding carboxylic acids is 6. The van der Waals surface area contributed by atoms with Gasteiger partial charge in [0.15, 0.2) is 23.8 Å². The molecular formula is C44H56O10. The van der Waals surface area contributed by atoms with Crippen LogP contribution in [0.1, 0.15) is 118 Å². The van der Waals surface area contributed by atoms with Crippen molar-refractivity contribution in [1.82, 2.24) is 0 Å². The van der Waals surface area contributed by atoms with Crippen molar-refractivity contribution >= 4 is 36.1 Å². The first-order valence-electron chi connectivity index (χ1n) is 20.3. The lowest BCUT2D eigenvalue weighted by Gasteiger charge is -2.59. The quantitative estimate of drug-likeness (QED) is 0.154. The number of aldehydes is 2. The van der Waals surface area contributed by atoms with Crippen molar-refractivity contribution in [3.05, 3.63) is 35.5 Å². The molecule has 0 radical (unpaired) electrons. The van der Waals surface area contributed by atoms with Gasteiger partial charge in [-0.15, -0.1) is 0 Å². The number of hydrogen-bond donors (Lipinski definition) is 2. The lowest BCUT2D eigenvalue weighted by atomic mass is 9.46. The molecule has 6 saturated carbocycles. The van der Waals surface area contributed by atoms with Crippen LogP contribution in [0.2, 0.25) is 0 Å². The van der Waals surface area contributed by atoms with Gasteiger partial charge in [-0.05, 0) is 111 Å². The summed E-state index contributed by atoms with van der Waals surface area (Å²) in [4.78, 5) is 77.5. The normalized spacial score (nSPS) is 49.2. The SMILES string of the molecule is C[C@]12CCC(=O)CC1=CCC1[C@@H]2[C@@H](O)C[C@@]2(C)[C@H]1CC[C@@]2(C=O)OC(=O)C=CC(=O)O[C@]1(C=O)CC[C@H]2C3CC=C4CC(=O)CC[C@]4(C)[C@H]3[C@@H](O)C[C@@]21C. The largest absolute Gasteiger partial charge is 0.448 e. The molecule has 0 aliphatic heterocycles. The maximum absolute atomic E-state index is 13.5. The van der Waals surface area contributed by atoms with Crippen LogP contribution in [0, 0.1) is 57.2 Å². The number of ether oxygens (including phenoxy) is 2. The second kappa shape index (κ2) is 12.6. The van der Waals surface area contributed by atoms with Crippen molar-refractivity contribution in [2.45, 2.75) is 141 Å². The lowest BCUT2D eigenvalue weighted by Crippen LogP contribution is -2.61. The van der Waals surface area contributed by atoms with Crippen molar-refractivity contribution in [3.8, 4) is 0 Å². The van der Waals surface area contributed by atoms with Gasteiger partial charge in [0.1, 0.15) is 11.6 Å². The molecule has 0 aromatic rings. The van der Waals surface area contributed by atoms with Crippen LogP contribution in [-0.4, -0.2) is 69.7 Å². The molecule has 292 valence electrons. The molecule has 2 unspecified atom stereocenters. The number of aliphatic hydroxyl groups excluding tert-OH is 2. The van der Waals surface area contributed by atoms with Crippen LogP contribution in [0.15, 0.2) is 35.5 Å². The molecule has 8 aliphatic rings. The Morgan fingerprint density at radius 1 is 0.667 bits per heavy atom. The third kappa shape index (κ3) is 5.09. The predicted molar refractivity (Wildman–Crippen MR) is 195 cm³/mol. The van der Waals surface area contributed by atoms with Crippen molar-refractivity contribution in [3.63, 3.8) is 0 Å². The summed E-state index contributed by atoms with van der Waals surface area (Å²) in [6.45, 7) is 8.19. The van der Waals surface area contributed by atoms with E-state index in [1.165, 1.54) is 0 Å². The van der Waals surface area contributed by atoms with Crippen LogP contribution in [-0.2, 0) is 38.2 Å². The summed E-state index contributed by atoms with van der Waals surface area (Å²) in [7, 11) is 0. The standard InChI is InChI=1S/C44H56O10/c1-39-15-11-27(47)19-25(39)5-7-29-31-13-17-43(23-45,41(31,3)21-33(49)37(29)39)53-35(51)9-10-36(52)54-44(24-46)18-14-32-30-8-6-26-20-28(48)12-16-40(26,2)38(30)34(50)22-42(32,44)4/h5-6,9-10,23-24,29-34,37-38,49-50H,7-8,11-22H2,1-4H3/t29?,30?,31-,32-,33-,34-,37+,38+,39-,40-,41-,42-,43-,44-/m0/s1. The number of fused-ring (bicyclic) bond motifs is 10. The van der Waals surface area contributed by atoms with Gasteiger partial charge < -0.3 is 19.7 Å². The second-order valence-electron chi connectivity index (χ2n) is 19.4. The Morgan fingerprint density at radius 3 is 1.43 bits per heavy atom. The van der Waals surface area contributed by atoms with E-state index >= 15 is 0 Å². The molecule has 0 bridgehead atoms. The van der Waals surface area contributed by atoms with E-state index < -0.39 is 46.2 Å². The monoisotopic (exact) mass is 744 g/mol. The van der Waals surface area contributed by atoms with Crippen LogP contribution < -0.4 is 0 Å². The zero-order valence-electron chi connectivity index (χ0n) is 32.1. The van der Waals surface area contributed by atoms with E-state index in [4.69, 9.17) is 9.47 Å². The van der Waals surface area contributed by atoms with Crippen molar-refractivity contribution < 1.29 is 48.5 Å². The van der Waals surface area contributed by atoms with E-state index in [1.807, 2.05) is 13.8 Å². The van der Waals surface area contributed by atoms with Gasteiger partial charge in [0.05, 0.1) is 12.2 Å². The third-order valence-electron chi connectivity index (χ3n) is 17.4. The molecule has 6 fully saturated rings. The first-order valence-corrected chi connectivity index (χ1v) is 20.3. The van der Waals surface area contributed by atoms with Gasteiger partial charge in [-0.1, -0.05) is 51.0 Å². The van der Waals surface area contributed by atoms with E-state index in [-0.39, 0.29) is 70.7 Å². The van der Waals surface area contributed by atoms with Gasteiger partial charge in [-0.25, -0.2) is 9.59 Å². The Balaban J connectivity index is 0.969. The second-order valence-corrected chi connectivity index (χ2v) is 19.4. The number of Topliss-reactive ketones (excluding diaryl/α,β-unsaturated/α-hetero) is 2. The van der Waals surface area contributed by atoms with E-state index in [2.05, 4.69) is 26.0 Å². The number of carbonyl (C=O) groups is 6. The Kier molecular flexibility index (Phi) is 8.82. The maximum Gasteiger partial charge on any atom is 0.332 e. The van der Waals surface area contributed by atoms with Crippen LogP contribution in [0.4, 0.5) is 0 Å². The molecule has 14 atom stereocenters. The van der Waals surface area contributed by atoms with Gasteiger partial charge in [0, 0.05) is 48.7 Å². The predicted octanol–water partition coefficient (Wildman–Crippen LogP) is 5.51. The zero-order chi connectivity index (χ0) is 38.6. The van der Waals surface area contributed by atoms with Crippen LogP contribution in [0.5, 0.6) is 0 Å². The summed E-state index contributed by atoms with van der Waals surface area (Å²) in [5.74, 6) is -1.25. The Bertz CT molecular complexity index is 1650. The molecule has 0 heterocycles. The fourth-order valence-electron chi connectivity index (χ4n) is 14.6. The van der Waals surface area contributed by atoms with Gasteiger partial charge >= 0.3 is 11.9 Å². The zero-order valence-corrected chi connectivity index (χ0v) is 32.1. The van der Waals surface area contributed by atoms with E-state index in [9.17, 15) is 39.0 Å². The van der Waals surface area contributed by atoms with Crippen LogP contribution >= 0.6 is 0 Å². The fraction of sp³-hybridized carbons (Fsp3) is 0.727. The van der Waals surface area contributed by atoms with Gasteiger partial charge in [-0.2, -0.15) is 0 Å². The number of ketones is 2. The fourth-order valence-corrected chi connectivity index (χ4v) is 14.6. The number of allylic oxidation sites excluding steroid dienone is 4.